The summed E-state index contributed by atoms with van der Waals surface area (Å²) in [6, 6.07) is 5.74. The maximum absolute atomic E-state index is 8.31. The highest BCUT2D eigenvalue weighted by molar-refractivity contribution is 5.79. The SMILES string of the molecule is O/N=C/c1ccc2c(c1)CCO2. The van der Waals surface area contributed by atoms with Crippen molar-refractivity contribution in [2.45, 2.75) is 6.42 Å². The molecule has 0 aromatic heterocycles. The number of benzene rings is 1. The fourth-order valence-electron chi connectivity index (χ4n) is 1.35. The van der Waals surface area contributed by atoms with Crippen LogP contribution in [0.4, 0.5) is 0 Å². The van der Waals surface area contributed by atoms with Crippen molar-refractivity contribution in [2.75, 3.05) is 6.61 Å². The van der Waals surface area contributed by atoms with Gasteiger partial charge in [0.25, 0.3) is 0 Å². The van der Waals surface area contributed by atoms with Crippen LogP contribution in [-0.2, 0) is 6.42 Å². The average molecular weight is 163 g/mol. The number of rotatable bonds is 1. The number of ether oxygens (including phenoxy) is 1. The van der Waals surface area contributed by atoms with Crippen LogP contribution in [0.15, 0.2) is 23.4 Å². The molecule has 1 aromatic rings. The van der Waals surface area contributed by atoms with Crippen molar-refractivity contribution in [1.82, 2.24) is 0 Å². The van der Waals surface area contributed by atoms with Crippen molar-refractivity contribution in [1.29, 1.82) is 0 Å². The zero-order valence-corrected chi connectivity index (χ0v) is 6.53. The highest BCUT2D eigenvalue weighted by Crippen LogP contribution is 2.25. The molecule has 1 N–H and O–H groups in total. The standard InChI is InChI=1S/C9H9NO2/c11-10-6-7-1-2-9-8(5-7)3-4-12-9/h1-2,5-6,11H,3-4H2/b10-6+. The summed E-state index contributed by atoms with van der Waals surface area (Å²) in [5.74, 6) is 0.949. The summed E-state index contributed by atoms with van der Waals surface area (Å²) in [4.78, 5) is 0. The van der Waals surface area contributed by atoms with Crippen molar-refractivity contribution in [2.24, 2.45) is 5.16 Å². The van der Waals surface area contributed by atoms with E-state index >= 15 is 0 Å². The van der Waals surface area contributed by atoms with E-state index in [9.17, 15) is 0 Å². The van der Waals surface area contributed by atoms with Crippen LogP contribution in [0.2, 0.25) is 0 Å². The molecule has 0 spiro atoms. The number of hydrogen-bond acceptors (Lipinski definition) is 3. The van der Waals surface area contributed by atoms with E-state index in [1.165, 1.54) is 11.8 Å². The Hall–Kier alpha value is -1.51. The molecule has 1 aliphatic heterocycles. The van der Waals surface area contributed by atoms with Crippen LogP contribution >= 0.6 is 0 Å². The maximum atomic E-state index is 8.31. The van der Waals surface area contributed by atoms with Gasteiger partial charge in [0.1, 0.15) is 5.75 Å². The molecule has 0 saturated carbocycles. The van der Waals surface area contributed by atoms with Crippen molar-refractivity contribution in [3.8, 4) is 5.75 Å². The summed E-state index contributed by atoms with van der Waals surface area (Å²) < 4.78 is 5.32. The van der Waals surface area contributed by atoms with Crippen LogP contribution in [-0.4, -0.2) is 18.0 Å². The van der Waals surface area contributed by atoms with Crippen molar-refractivity contribution in [3.05, 3.63) is 29.3 Å². The second-order valence-corrected chi connectivity index (χ2v) is 2.71. The predicted octanol–water partition coefficient (Wildman–Crippen LogP) is 1.43. The third kappa shape index (κ3) is 1.13. The van der Waals surface area contributed by atoms with E-state index in [-0.39, 0.29) is 0 Å². The summed E-state index contributed by atoms with van der Waals surface area (Å²) in [5.41, 5.74) is 2.09. The van der Waals surface area contributed by atoms with E-state index in [1.807, 2.05) is 18.2 Å². The van der Waals surface area contributed by atoms with Gasteiger partial charge < -0.3 is 9.94 Å². The Kier molecular flexibility index (Phi) is 1.70. The van der Waals surface area contributed by atoms with Crippen molar-refractivity contribution >= 4 is 6.21 Å². The Balaban J connectivity index is 2.38. The first-order valence-corrected chi connectivity index (χ1v) is 3.83. The van der Waals surface area contributed by atoms with Gasteiger partial charge in [0.15, 0.2) is 0 Å². The molecule has 0 unspecified atom stereocenters. The van der Waals surface area contributed by atoms with E-state index in [1.54, 1.807) is 0 Å². The second-order valence-electron chi connectivity index (χ2n) is 2.71. The van der Waals surface area contributed by atoms with Crippen LogP contribution in [0.5, 0.6) is 5.75 Å². The highest BCUT2D eigenvalue weighted by Gasteiger charge is 2.10. The predicted molar refractivity (Wildman–Crippen MR) is 45.0 cm³/mol. The van der Waals surface area contributed by atoms with Crippen LogP contribution < -0.4 is 4.74 Å². The molecule has 0 fully saturated rings. The molecule has 1 aromatic carbocycles. The van der Waals surface area contributed by atoms with Crippen LogP contribution in [0.3, 0.4) is 0 Å². The van der Waals surface area contributed by atoms with Crippen LogP contribution in [0, 0.1) is 0 Å². The Morgan fingerprint density at radius 2 is 2.42 bits per heavy atom. The number of hydrogen-bond donors (Lipinski definition) is 1. The summed E-state index contributed by atoms with van der Waals surface area (Å²) in [6.07, 6.45) is 2.36. The molecule has 0 bridgehead atoms. The van der Waals surface area contributed by atoms with Gasteiger partial charge in [-0.2, -0.15) is 0 Å². The molecular formula is C9H9NO2. The first-order valence-electron chi connectivity index (χ1n) is 3.83. The highest BCUT2D eigenvalue weighted by atomic mass is 16.5. The lowest BCUT2D eigenvalue weighted by molar-refractivity contribution is 0.322. The molecule has 12 heavy (non-hydrogen) atoms. The lowest BCUT2D eigenvalue weighted by atomic mass is 10.1. The van der Waals surface area contributed by atoms with Gasteiger partial charge in [-0.05, 0) is 29.3 Å². The first kappa shape index (κ1) is 7.16. The number of nitrogens with zero attached hydrogens (tertiary/aromatic N) is 1. The fourth-order valence-corrected chi connectivity index (χ4v) is 1.35. The third-order valence-corrected chi connectivity index (χ3v) is 1.92. The summed E-state index contributed by atoms with van der Waals surface area (Å²) in [5, 5.41) is 11.3. The molecule has 0 radical (unpaired) electrons. The van der Waals surface area contributed by atoms with Gasteiger partial charge in [0, 0.05) is 6.42 Å². The molecule has 1 heterocycles. The Labute approximate surface area is 70.3 Å². The van der Waals surface area contributed by atoms with Gasteiger partial charge in [0.2, 0.25) is 0 Å². The topological polar surface area (TPSA) is 41.8 Å². The third-order valence-electron chi connectivity index (χ3n) is 1.92. The minimum atomic E-state index is 0.759. The largest absolute Gasteiger partial charge is 0.493 e. The van der Waals surface area contributed by atoms with E-state index in [0.29, 0.717) is 0 Å². The monoisotopic (exact) mass is 163 g/mol. The molecule has 62 valence electrons. The molecular weight excluding hydrogens is 154 g/mol. The smallest absolute Gasteiger partial charge is 0.122 e. The molecule has 0 amide bonds. The Morgan fingerprint density at radius 1 is 1.50 bits per heavy atom. The number of fused-ring (bicyclic) bond motifs is 1. The van der Waals surface area contributed by atoms with Gasteiger partial charge in [-0.25, -0.2) is 0 Å². The average Bonchev–Trinajstić information content (AvgIpc) is 2.51. The summed E-state index contributed by atoms with van der Waals surface area (Å²) in [6.45, 7) is 0.759. The van der Waals surface area contributed by atoms with E-state index in [2.05, 4.69) is 5.16 Å². The van der Waals surface area contributed by atoms with E-state index in [4.69, 9.17) is 9.94 Å². The van der Waals surface area contributed by atoms with Crippen LogP contribution in [0.25, 0.3) is 0 Å². The first-order chi connectivity index (χ1) is 5.90. The minimum Gasteiger partial charge on any atom is -0.493 e. The van der Waals surface area contributed by atoms with Crippen molar-refractivity contribution < 1.29 is 9.94 Å². The normalized spacial score (nSPS) is 14.7. The molecule has 3 heteroatoms. The zero-order chi connectivity index (χ0) is 8.39. The number of oxime groups is 1. The molecule has 0 saturated heterocycles. The van der Waals surface area contributed by atoms with Gasteiger partial charge >= 0.3 is 0 Å². The molecule has 2 rings (SSSR count). The summed E-state index contributed by atoms with van der Waals surface area (Å²) in [7, 11) is 0. The summed E-state index contributed by atoms with van der Waals surface area (Å²) >= 11 is 0. The van der Waals surface area contributed by atoms with Gasteiger partial charge in [0.05, 0.1) is 12.8 Å². The Bertz CT molecular complexity index is 320. The van der Waals surface area contributed by atoms with Gasteiger partial charge in [-0.3, -0.25) is 0 Å². The Morgan fingerprint density at radius 3 is 3.25 bits per heavy atom. The molecule has 0 atom stereocenters. The lowest BCUT2D eigenvalue weighted by Crippen LogP contribution is -1.85. The van der Waals surface area contributed by atoms with Gasteiger partial charge in [-0.1, -0.05) is 5.16 Å². The maximum Gasteiger partial charge on any atom is 0.122 e. The lowest BCUT2D eigenvalue weighted by Gasteiger charge is -1.97. The fraction of sp³-hybridized carbons (Fsp3) is 0.222. The molecule has 3 nitrogen and oxygen atoms in total. The second kappa shape index (κ2) is 2.85. The zero-order valence-electron chi connectivity index (χ0n) is 6.53. The molecule has 1 aliphatic rings. The van der Waals surface area contributed by atoms with Crippen molar-refractivity contribution in [3.63, 3.8) is 0 Å². The minimum absolute atomic E-state index is 0.759. The van der Waals surface area contributed by atoms with E-state index in [0.717, 1.165) is 24.3 Å². The molecule has 0 aliphatic carbocycles. The quantitative estimate of drug-likeness (QED) is 0.386. The van der Waals surface area contributed by atoms with Crippen LogP contribution in [0.1, 0.15) is 11.1 Å². The van der Waals surface area contributed by atoms with E-state index < -0.39 is 0 Å². The van der Waals surface area contributed by atoms with Gasteiger partial charge in [-0.15, -0.1) is 0 Å².